The lowest BCUT2D eigenvalue weighted by atomic mass is 9.55. The molecule has 0 bridgehead atoms. The van der Waals surface area contributed by atoms with Crippen LogP contribution in [0.2, 0.25) is 0 Å². The van der Waals surface area contributed by atoms with Gasteiger partial charge in [0.05, 0.1) is 29.8 Å². The van der Waals surface area contributed by atoms with Crippen molar-refractivity contribution in [1.29, 1.82) is 0 Å². The summed E-state index contributed by atoms with van der Waals surface area (Å²) in [5.41, 5.74) is -4.06. The van der Waals surface area contributed by atoms with E-state index < -0.39 is 86.9 Å². The number of Topliss-reactive ketones (excluding diaryl/α,β-unsaturated/α-hetero) is 2. The number of fused-ring (bicyclic) bond motifs is 3. The minimum atomic E-state index is -3.00. The van der Waals surface area contributed by atoms with E-state index in [4.69, 9.17) is 0 Å². The molecule has 3 aliphatic carbocycles. The van der Waals surface area contributed by atoms with E-state index in [1.807, 2.05) is 6.92 Å². The van der Waals surface area contributed by atoms with Crippen molar-refractivity contribution in [3.05, 3.63) is 62.1 Å². The van der Waals surface area contributed by atoms with Gasteiger partial charge in [0.2, 0.25) is 5.78 Å². The first-order chi connectivity index (χ1) is 21.1. The number of phenols is 1. The first-order valence-corrected chi connectivity index (χ1v) is 14.8. The quantitative estimate of drug-likeness (QED) is 0.0866. The van der Waals surface area contributed by atoms with Gasteiger partial charge in [0.15, 0.2) is 11.4 Å². The minimum absolute atomic E-state index is 0.0496. The number of benzene rings is 1. The summed E-state index contributed by atoms with van der Waals surface area (Å²) in [6.07, 6.45) is -1.56. The molecule has 0 spiro atoms. The predicted octanol–water partition coefficient (Wildman–Crippen LogP) is 0.940. The Morgan fingerprint density at radius 2 is 1.84 bits per heavy atom. The van der Waals surface area contributed by atoms with Crippen molar-refractivity contribution in [2.75, 3.05) is 33.8 Å². The molecule has 0 fully saturated rings. The Balaban J connectivity index is 1.81. The number of ketones is 2. The number of hydrogen-bond acceptors (Lipinski definition) is 13. The second kappa shape index (κ2) is 12.7. The van der Waals surface area contributed by atoms with Crippen LogP contribution in [0.3, 0.4) is 0 Å². The third-order valence-corrected chi connectivity index (χ3v) is 9.19. The highest BCUT2D eigenvalue weighted by Gasteiger charge is 2.67. The summed E-state index contributed by atoms with van der Waals surface area (Å²) in [6, 6.07) is 3.06. The molecule has 4 rings (SSSR count). The molecule has 15 heteroatoms. The molecule has 0 saturated heterocycles. The summed E-state index contributed by atoms with van der Waals surface area (Å²) in [5, 5.41) is 69.8. The second-order valence-corrected chi connectivity index (χ2v) is 11.9. The van der Waals surface area contributed by atoms with Gasteiger partial charge in [-0.3, -0.25) is 24.2 Å². The van der Waals surface area contributed by atoms with Crippen LogP contribution in [0, 0.1) is 22.0 Å². The maximum Gasteiger partial charge on any atom is 0.294 e. The molecule has 1 aromatic rings. The number of phenolic OH excluding ortho intramolecular Hbond substituents is 1. The fourth-order valence-corrected chi connectivity index (χ4v) is 7.18. The number of nitrogens with zero attached hydrogens (tertiary/aromatic N) is 3. The van der Waals surface area contributed by atoms with Crippen LogP contribution in [-0.4, -0.2) is 116 Å². The smallest absolute Gasteiger partial charge is 0.294 e. The Kier molecular flexibility index (Phi) is 9.59. The van der Waals surface area contributed by atoms with Gasteiger partial charge >= 0.3 is 0 Å². The van der Waals surface area contributed by atoms with Crippen LogP contribution >= 0.6 is 0 Å². The molecule has 0 saturated carbocycles. The lowest BCUT2D eigenvalue weighted by Gasteiger charge is -2.53. The van der Waals surface area contributed by atoms with E-state index in [9.17, 15) is 50.0 Å². The van der Waals surface area contributed by atoms with Gasteiger partial charge in [0.25, 0.3) is 11.0 Å². The number of aliphatic hydroxyl groups is 4. The zero-order valence-corrected chi connectivity index (χ0v) is 25.8. The number of rotatable bonds is 11. The number of amides is 1. The maximum atomic E-state index is 14.1. The lowest BCUT2D eigenvalue weighted by molar-refractivity contribution is -0.757. The van der Waals surface area contributed by atoms with Gasteiger partial charge in [-0.25, -0.2) is 0 Å². The van der Waals surface area contributed by atoms with Crippen LogP contribution in [-0.2, 0) is 14.4 Å². The second-order valence-electron chi connectivity index (χ2n) is 11.9. The lowest BCUT2D eigenvalue weighted by Crippen LogP contribution is -2.68. The van der Waals surface area contributed by atoms with E-state index in [0.717, 1.165) is 0 Å². The van der Waals surface area contributed by atoms with Gasteiger partial charge in [0, 0.05) is 18.0 Å². The molecule has 1 unspecified atom stereocenters. The number of likely N-dealkylation sites (N-methyl/N-ethyl adjacent to an activating group) is 1. The highest BCUT2D eigenvalue weighted by molar-refractivity contribution is 6.25. The summed E-state index contributed by atoms with van der Waals surface area (Å²) in [6.45, 7) is 5.40. The Morgan fingerprint density at radius 3 is 2.42 bits per heavy atom. The van der Waals surface area contributed by atoms with Crippen LogP contribution in [0.4, 0.5) is 0 Å². The van der Waals surface area contributed by atoms with E-state index in [1.165, 1.54) is 31.1 Å². The van der Waals surface area contributed by atoms with Crippen molar-refractivity contribution in [2.45, 2.75) is 63.4 Å². The van der Waals surface area contributed by atoms with Gasteiger partial charge in [0.1, 0.15) is 29.4 Å². The molecule has 1 aromatic carbocycles. The standard InChI is InChI=1S/C30H40N4O11/c1-6-11-33(12-13-45-34(43)44)17(7-2)31-29(41)21-26(38)23(32(4)5)22-25(37)18-14(3)15-9-8-10-16(35)19(15)24(36)20(18)27(39)30(22,42)28(21)40/h8-10,14,17-18,22-23,25,35,37-39,42H,6-7,11-13H2,1-5H3,(H,31,41)/t14-,17?,18+,22+,23-,25-,30-/m0/s1. The SMILES string of the molecule is CCCN(CCO[N+](=O)[O-])C(CC)NC(=O)C1=C(O)[C@@H](N(C)C)[C@@H]2[C@@H](O)[C@H]3C(=C(O)[C@]2(O)C1=O)C(=O)c1c(O)cccc1[C@@H]3C. The van der Waals surface area contributed by atoms with Crippen molar-refractivity contribution >= 4 is 17.5 Å². The van der Waals surface area contributed by atoms with E-state index in [0.29, 0.717) is 18.5 Å². The number of aliphatic hydroxyl groups excluding tert-OH is 3. The average molecular weight is 633 g/mol. The van der Waals surface area contributed by atoms with E-state index in [-0.39, 0.29) is 30.9 Å². The van der Waals surface area contributed by atoms with Gasteiger partial charge in [-0.2, -0.15) is 0 Å². The summed E-state index contributed by atoms with van der Waals surface area (Å²) < 4.78 is 0. The summed E-state index contributed by atoms with van der Waals surface area (Å²) in [5.74, 6) is -8.96. The molecule has 6 N–H and O–H groups in total. The Bertz CT molecular complexity index is 1460. The van der Waals surface area contributed by atoms with E-state index in [1.54, 1.807) is 24.8 Å². The monoisotopic (exact) mass is 632 g/mol. The topological polar surface area (TPSA) is 223 Å². The van der Waals surface area contributed by atoms with Crippen molar-refractivity contribution < 1.29 is 49.8 Å². The third-order valence-electron chi connectivity index (χ3n) is 9.19. The van der Waals surface area contributed by atoms with Gasteiger partial charge in [-0.15, -0.1) is 10.1 Å². The number of aromatic hydroxyl groups is 1. The van der Waals surface area contributed by atoms with Crippen LogP contribution in [0.15, 0.2) is 40.9 Å². The zero-order valence-electron chi connectivity index (χ0n) is 25.8. The largest absolute Gasteiger partial charge is 0.510 e. The summed E-state index contributed by atoms with van der Waals surface area (Å²) >= 11 is 0. The fraction of sp³-hybridized carbons (Fsp3) is 0.567. The Labute approximate surface area is 259 Å². The molecule has 3 aliphatic rings. The first-order valence-electron chi connectivity index (χ1n) is 14.8. The molecular weight excluding hydrogens is 592 g/mol. The van der Waals surface area contributed by atoms with Crippen molar-refractivity contribution in [2.24, 2.45) is 11.8 Å². The normalized spacial score (nSPS) is 28.5. The molecule has 15 nitrogen and oxygen atoms in total. The van der Waals surface area contributed by atoms with E-state index in [2.05, 4.69) is 10.2 Å². The number of hydrogen-bond donors (Lipinski definition) is 6. The summed E-state index contributed by atoms with van der Waals surface area (Å²) in [7, 11) is 2.98. The van der Waals surface area contributed by atoms with Gasteiger partial charge < -0.3 is 35.7 Å². The highest BCUT2D eigenvalue weighted by Crippen LogP contribution is 2.55. The van der Waals surface area contributed by atoms with Crippen molar-refractivity contribution in [3.8, 4) is 5.75 Å². The molecule has 45 heavy (non-hydrogen) atoms. The van der Waals surface area contributed by atoms with Gasteiger partial charge in [-0.1, -0.05) is 32.9 Å². The number of nitrogens with one attached hydrogen (secondary N) is 1. The molecule has 0 radical (unpaired) electrons. The average Bonchev–Trinajstić information content (AvgIpc) is 2.97. The Morgan fingerprint density at radius 1 is 1.18 bits per heavy atom. The predicted molar refractivity (Wildman–Crippen MR) is 158 cm³/mol. The minimum Gasteiger partial charge on any atom is -0.510 e. The van der Waals surface area contributed by atoms with E-state index >= 15 is 0 Å². The molecule has 7 atom stereocenters. The molecular formula is C30H40N4O11. The Hall–Kier alpha value is -4.05. The first kappa shape index (κ1) is 33.8. The van der Waals surface area contributed by atoms with Crippen LogP contribution in [0.1, 0.15) is 55.5 Å². The molecule has 0 aromatic heterocycles. The molecule has 246 valence electrons. The number of carbonyl (C=O) groups is 3. The maximum absolute atomic E-state index is 14.1. The molecule has 0 aliphatic heterocycles. The van der Waals surface area contributed by atoms with Crippen molar-refractivity contribution in [1.82, 2.24) is 15.1 Å². The van der Waals surface area contributed by atoms with Crippen molar-refractivity contribution in [3.63, 3.8) is 0 Å². The molecule has 1 amide bonds. The summed E-state index contributed by atoms with van der Waals surface area (Å²) in [4.78, 5) is 59.7. The zero-order chi connectivity index (χ0) is 33.5. The van der Waals surface area contributed by atoms with Crippen LogP contribution in [0.5, 0.6) is 5.75 Å². The van der Waals surface area contributed by atoms with Gasteiger partial charge in [-0.05, 0) is 51.0 Å². The van der Waals surface area contributed by atoms with Crippen LogP contribution < -0.4 is 5.32 Å². The van der Waals surface area contributed by atoms with Crippen LogP contribution in [0.25, 0.3) is 0 Å². The number of carbonyl (C=O) groups excluding carboxylic acids is 3. The fourth-order valence-electron chi connectivity index (χ4n) is 7.18. The molecule has 0 heterocycles. The third kappa shape index (κ3) is 5.43. The highest BCUT2D eigenvalue weighted by atomic mass is 16.9.